The molecule has 1 aliphatic rings. The third-order valence-electron chi connectivity index (χ3n) is 2.98. The molecule has 1 aliphatic carbocycles. The number of carboxylic acid groups (broad SMARTS) is 1. The van der Waals surface area contributed by atoms with Gasteiger partial charge in [0.05, 0.1) is 0 Å². The molecule has 0 radical (unpaired) electrons. The van der Waals surface area contributed by atoms with Crippen LogP contribution >= 0.6 is 11.8 Å². The van der Waals surface area contributed by atoms with Gasteiger partial charge in [0.15, 0.2) is 0 Å². The lowest BCUT2D eigenvalue weighted by atomic mass is 10.1. The van der Waals surface area contributed by atoms with Gasteiger partial charge in [-0.15, -0.1) is 11.8 Å². The lowest BCUT2D eigenvalue weighted by Gasteiger charge is -2.26. The summed E-state index contributed by atoms with van der Waals surface area (Å²) >= 11 is 1.08. The van der Waals surface area contributed by atoms with Crippen molar-refractivity contribution in [3.05, 3.63) is 29.8 Å². The Hall–Kier alpha value is -1.14. The van der Waals surface area contributed by atoms with E-state index in [9.17, 15) is 18.7 Å². The number of halogens is 2. The maximum atomic E-state index is 13.5. The third-order valence-corrected chi connectivity index (χ3v) is 4.35. The number of hydrogen-bond donors (Lipinski definition) is 2. The predicted octanol–water partition coefficient (Wildman–Crippen LogP) is 2.65. The van der Waals surface area contributed by atoms with Crippen molar-refractivity contribution in [2.75, 3.05) is 5.75 Å². The van der Waals surface area contributed by atoms with Crippen LogP contribution in [0.25, 0.3) is 0 Å². The van der Waals surface area contributed by atoms with Crippen LogP contribution < -0.4 is 5.32 Å². The molecule has 0 aromatic heterocycles. The predicted molar refractivity (Wildman–Crippen MR) is 69.3 cm³/mol. The molecular formula is C13H15F2NO2S. The zero-order valence-corrected chi connectivity index (χ0v) is 11.3. The number of thioether (sulfide) groups is 1. The largest absolute Gasteiger partial charge is 0.480 e. The summed E-state index contributed by atoms with van der Waals surface area (Å²) in [4.78, 5) is 11.6. The highest BCUT2D eigenvalue weighted by Gasteiger charge is 2.38. The third kappa shape index (κ3) is 3.67. The minimum atomic E-state index is -1.10. The Morgan fingerprint density at radius 1 is 1.53 bits per heavy atom. The van der Waals surface area contributed by atoms with E-state index in [4.69, 9.17) is 0 Å². The molecule has 104 valence electrons. The fraction of sp³-hybridized carbons (Fsp3) is 0.462. The van der Waals surface area contributed by atoms with Crippen molar-refractivity contribution in [3.8, 4) is 0 Å². The minimum absolute atomic E-state index is 0.182. The number of benzene rings is 1. The van der Waals surface area contributed by atoms with E-state index in [0.717, 1.165) is 36.7 Å². The Labute approximate surface area is 114 Å². The quantitative estimate of drug-likeness (QED) is 0.790. The first kappa shape index (κ1) is 14.3. The molecule has 0 heterocycles. The van der Waals surface area contributed by atoms with Gasteiger partial charge in [-0.2, -0.15) is 0 Å². The summed E-state index contributed by atoms with van der Waals surface area (Å²) in [5, 5.41) is 12.3. The SMILES string of the molecule is CC(CSc1ccc(F)cc1F)(NC1CC1)C(=O)O. The number of hydrogen-bond acceptors (Lipinski definition) is 3. The van der Waals surface area contributed by atoms with Crippen LogP contribution in [-0.4, -0.2) is 28.4 Å². The molecule has 6 heteroatoms. The van der Waals surface area contributed by atoms with Crippen molar-refractivity contribution in [3.63, 3.8) is 0 Å². The van der Waals surface area contributed by atoms with Gasteiger partial charge in [-0.1, -0.05) is 0 Å². The van der Waals surface area contributed by atoms with E-state index in [-0.39, 0.29) is 16.7 Å². The first-order chi connectivity index (χ1) is 8.90. The molecule has 3 nitrogen and oxygen atoms in total. The van der Waals surface area contributed by atoms with Gasteiger partial charge in [-0.25, -0.2) is 8.78 Å². The summed E-state index contributed by atoms with van der Waals surface area (Å²) < 4.78 is 26.2. The van der Waals surface area contributed by atoms with Crippen LogP contribution in [0.2, 0.25) is 0 Å². The molecule has 2 N–H and O–H groups in total. The number of nitrogens with one attached hydrogen (secondary N) is 1. The summed E-state index contributed by atoms with van der Waals surface area (Å²) in [6.45, 7) is 1.59. The molecule has 0 spiro atoms. The summed E-state index contributed by atoms with van der Waals surface area (Å²) in [6.07, 6.45) is 1.94. The highest BCUT2D eigenvalue weighted by molar-refractivity contribution is 7.99. The second kappa shape index (κ2) is 5.46. The fourth-order valence-electron chi connectivity index (χ4n) is 1.66. The molecule has 2 rings (SSSR count). The first-order valence-electron chi connectivity index (χ1n) is 6.00. The smallest absolute Gasteiger partial charge is 0.324 e. The van der Waals surface area contributed by atoms with Gasteiger partial charge in [-0.3, -0.25) is 10.1 Å². The summed E-state index contributed by atoms with van der Waals surface area (Å²) in [5.74, 6) is -2.08. The van der Waals surface area contributed by atoms with E-state index in [1.54, 1.807) is 6.92 Å². The average molecular weight is 287 g/mol. The van der Waals surface area contributed by atoms with Gasteiger partial charge in [-0.05, 0) is 31.9 Å². The van der Waals surface area contributed by atoms with Crippen molar-refractivity contribution >= 4 is 17.7 Å². The highest BCUT2D eigenvalue weighted by atomic mass is 32.2. The summed E-state index contributed by atoms with van der Waals surface area (Å²) in [7, 11) is 0. The molecule has 1 aromatic carbocycles. The van der Waals surface area contributed by atoms with Crippen LogP contribution in [0.5, 0.6) is 0 Å². The molecule has 0 aliphatic heterocycles. The summed E-state index contributed by atoms with van der Waals surface area (Å²) in [6, 6.07) is 3.53. The van der Waals surface area contributed by atoms with Crippen LogP contribution in [0.15, 0.2) is 23.1 Å². The number of rotatable bonds is 6. The Morgan fingerprint density at radius 3 is 2.74 bits per heavy atom. The average Bonchev–Trinajstić information content (AvgIpc) is 3.11. The minimum Gasteiger partial charge on any atom is -0.480 e. The molecule has 1 saturated carbocycles. The maximum absolute atomic E-state index is 13.5. The van der Waals surface area contributed by atoms with Gasteiger partial charge >= 0.3 is 5.97 Å². The number of carbonyl (C=O) groups is 1. The number of carboxylic acids is 1. The lowest BCUT2D eigenvalue weighted by Crippen LogP contribution is -2.52. The van der Waals surface area contributed by atoms with Gasteiger partial charge in [0.1, 0.15) is 17.2 Å². The van der Waals surface area contributed by atoms with E-state index in [1.165, 1.54) is 6.07 Å². The Balaban J connectivity index is 2.03. The zero-order chi connectivity index (χ0) is 14.0. The van der Waals surface area contributed by atoms with E-state index < -0.39 is 23.1 Å². The van der Waals surface area contributed by atoms with E-state index in [1.807, 2.05) is 0 Å². The molecule has 1 aromatic rings. The van der Waals surface area contributed by atoms with Crippen molar-refractivity contribution in [2.45, 2.75) is 36.2 Å². The topological polar surface area (TPSA) is 49.3 Å². The fourth-order valence-corrected chi connectivity index (χ4v) is 2.67. The van der Waals surface area contributed by atoms with E-state index in [0.29, 0.717) is 0 Å². The lowest BCUT2D eigenvalue weighted by molar-refractivity contribution is -0.143. The van der Waals surface area contributed by atoms with Gasteiger partial charge < -0.3 is 5.11 Å². The zero-order valence-electron chi connectivity index (χ0n) is 10.5. The second-order valence-electron chi connectivity index (χ2n) is 4.92. The van der Waals surface area contributed by atoms with Crippen LogP contribution in [0, 0.1) is 11.6 Å². The molecular weight excluding hydrogens is 272 g/mol. The summed E-state index contributed by atoms with van der Waals surface area (Å²) in [5.41, 5.74) is -1.10. The normalized spacial score (nSPS) is 18.1. The molecule has 1 fully saturated rings. The van der Waals surface area contributed by atoms with Crippen molar-refractivity contribution in [2.24, 2.45) is 0 Å². The van der Waals surface area contributed by atoms with Crippen molar-refractivity contribution in [1.82, 2.24) is 5.32 Å². The van der Waals surface area contributed by atoms with E-state index in [2.05, 4.69) is 5.32 Å². The van der Waals surface area contributed by atoms with Crippen LogP contribution in [-0.2, 0) is 4.79 Å². The standard InChI is InChI=1S/C13H15F2NO2S/c1-13(12(17)18,16-9-3-4-9)7-19-11-5-2-8(14)6-10(11)15/h2,5-6,9,16H,3-4,7H2,1H3,(H,17,18). The van der Waals surface area contributed by atoms with Crippen molar-refractivity contribution < 1.29 is 18.7 Å². The van der Waals surface area contributed by atoms with Crippen LogP contribution in [0.4, 0.5) is 8.78 Å². The monoisotopic (exact) mass is 287 g/mol. The Morgan fingerprint density at radius 2 is 2.21 bits per heavy atom. The van der Waals surface area contributed by atoms with Crippen molar-refractivity contribution in [1.29, 1.82) is 0 Å². The van der Waals surface area contributed by atoms with Crippen LogP contribution in [0.3, 0.4) is 0 Å². The number of aliphatic carboxylic acids is 1. The Bertz CT molecular complexity index is 494. The van der Waals surface area contributed by atoms with Gasteiger partial charge in [0, 0.05) is 22.8 Å². The molecule has 0 amide bonds. The second-order valence-corrected chi connectivity index (χ2v) is 5.94. The van der Waals surface area contributed by atoms with Gasteiger partial charge in [0.25, 0.3) is 0 Å². The van der Waals surface area contributed by atoms with Crippen LogP contribution in [0.1, 0.15) is 19.8 Å². The highest BCUT2D eigenvalue weighted by Crippen LogP contribution is 2.29. The molecule has 1 atom stereocenters. The van der Waals surface area contributed by atoms with E-state index >= 15 is 0 Å². The molecule has 19 heavy (non-hydrogen) atoms. The molecule has 1 unspecified atom stereocenters. The maximum Gasteiger partial charge on any atom is 0.324 e. The Kier molecular flexibility index (Phi) is 4.10. The molecule has 0 bridgehead atoms. The first-order valence-corrected chi connectivity index (χ1v) is 6.98. The molecule has 0 saturated heterocycles. The van der Waals surface area contributed by atoms with Gasteiger partial charge in [0.2, 0.25) is 0 Å².